The smallest absolute Gasteiger partial charge is 0.462 e. The predicted octanol–water partition coefficient (Wildman–Crippen LogP) is 11.9. The van der Waals surface area contributed by atoms with Crippen LogP contribution in [0.4, 0.5) is 0 Å². The van der Waals surface area contributed by atoms with Crippen molar-refractivity contribution in [1.82, 2.24) is 0 Å². The predicted molar refractivity (Wildman–Crippen MR) is 224 cm³/mol. The zero-order chi connectivity index (χ0) is 40.0. The lowest BCUT2D eigenvalue weighted by Crippen LogP contribution is -2.37. The number of phosphoric ester groups is 1. The lowest BCUT2D eigenvalue weighted by molar-refractivity contribution is -0.870. The second kappa shape index (κ2) is 36.6. The largest absolute Gasteiger partial charge is 0.472 e. The van der Waals surface area contributed by atoms with Crippen molar-refractivity contribution in [1.29, 1.82) is 0 Å². The van der Waals surface area contributed by atoms with Gasteiger partial charge in [-0.25, -0.2) is 4.57 Å². The Kier molecular flexibility index (Phi) is 35.2. The molecule has 0 aliphatic heterocycles. The molecule has 0 spiro atoms. The first kappa shape index (κ1) is 52.0. The molecule has 0 saturated heterocycles. The minimum Gasteiger partial charge on any atom is -0.462 e. The van der Waals surface area contributed by atoms with E-state index in [1.54, 1.807) is 0 Å². The molecule has 0 aromatic rings. The van der Waals surface area contributed by atoms with Crippen LogP contribution in [0.25, 0.3) is 0 Å². The van der Waals surface area contributed by atoms with Crippen molar-refractivity contribution in [2.45, 2.75) is 174 Å². The number of hydrogen-bond acceptors (Lipinski definition) is 7. The molecule has 0 aliphatic carbocycles. The van der Waals surface area contributed by atoms with Gasteiger partial charge in [-0.3, -0.25) is 18.6 Å². The number of ether oxygens (including phenoxy) is 2. The summed E-state index contributed by atoms with van der Waals surface area (Å²) >= 11 is 0. The number of carbonyl (C=O) groups excluding carboxylic acids is 2. The van der Waals surface area contributed by atoms with E-state index < -0.39 is 26.5 Å². The SMILES string of the molecule is CC/C=C\C/C=C\C/C=C\C/C=C\CCC(=O)OC(COC(=O)CCCCCCCCCCCCCCCCCCC)COP(=O)(O)OCC[N+](C)(C)C. The van der Waals surface area contributed by atoms with Crippen LogP contribution >= 0.6 is 7.82 Å². The third-order valence-corrected chi connectivity index (χ3v) is 9.87. The number of quaternary nitrogens is 1. The first-order chi connectivity index (χ1) is 26.0. The van der Waals surface area contributed by atoms with Gasteiger partial charge in [-0.2, -0.15) is 0 Å². The van der Waals surface area contributed by atoms with E-state index in [9.17, 15) is 19.0 Å². The van der Waals surface area contributed by atoms with Crippen LogP contribution in [0.1, 0.15) is 168 Å². The molecule has 54 heavy (non-hydrogen) atoms. The molecule has 0 bridgehead atoms. The summed E-state index contributed by atoms with van der Waals surface area (Å²) in [6, 6.07) is 0. The van der Waals surface area contributed by atoms with Gasteiger partial charge in [-0.15, -0.1) is 0 Å². The van der Waals surface area contributed by atoms with Crippen LogP contribution in [0.2, 0.25) is 0 Å². The van der Waals surface area contributed by atoms with Crippen molar-refractivity contribution < 1.29 is 42.1 Å². The van der Waals surface area contributed by atoms with Gasteiger partial charge >= 0.3 is 19.8 Å². The average Bonchev–Trinajstić information content (AvgIpc) is 3.12. The maximum absolute atomic E-state index is 12.6. The zero-order valence-electron chi connectivity index (χ0n) is 35.2. The van der Waals surface area contributed by atoms with Gasteiger partial charge in [-0.1, -0.05) is 165 Å². The maximum Gasteiger partial charge on any atom is 0.472 e. The Bertz CT molecular complexity index is 1070. The highest BCUT2D eigenvalue weighted by atomic mass is 31.2. The van der Waals surface area contributed by atoms with Crippen molar-refractivity contribution in [3.05, 3.63) is 48.6 Å². The first-order valence-corrected chi connectivity index (χ1v) is 22.9. The van der Waals surface area contributed by atoms with Gasteiger partial charge in [0.25, 0.3) is 0 Å². The number of hydrogen-bond donors (Lipinski definition) is 1. The Hall–Kier alpha value is -2.03. The van der Waals surface area contributed by atoms with Gasteiger partial charge in [0.15, 0.2) is 6.10 Å². The molecule has 0 saturated carbocycles. The fourth-order valence-corrected chi connectivity index (χ4v) is 6.30. The van der Waals surface area contributed by atoms with Gasteiger partial charge in [0.2, 0.25) is 0 Å². The molecule has 0 rings (SSSR count). The summed E-state index contributed by atoms with van der Waals surface area (Å²) < 4.78 is 34.2. The van der Waals surface area contributed by atoms with Gasteiger partial charge in [0.05, 0.1) is 27.7 Å². The summed E-state index contributed by atoms with van der Waals surface area (Å²) in [6.45, 7) is 4.22. The summed E-state index contributed by atoms with van der Waals surface area (Å²) in [5.74, 6) is -0.891. The summed E-state index contributed by atoms with van der Waals surface area (Å²) in [6.07, 6.45) is 41.8. The van der Waals surface area contributed by atoms with E-state index >= 15 is 0 Å². The molecular formula is C44H81NO8P+. The van der Waals surface area contributed by atoms with Crippen LogP contribution in [0.15, 0.2) is 48.6 Å². The molecule has 1 N–H and O–H groups in total. The molecule has 0 aromatic carbocycles. The third kappa shape index (κ3) is 39.7. The first-order valence-electron chi connectivity index (χ1n) is 21.4. The molecule has 2 unspecified atom stereocenters. The molecule has 0 amide bonds. The topological polar surface area (TPSA) is 108 Å². The number of phosphoric acid groups is 1. The van der Waals surface area contributed by atoms with Crippen LogP contribution < -0.4 is 0 Å². The lowest BCUT2D eigenvalue weighted by Gasteiger charge is -2.24. The number of rotatable bonds is 38. The van der Waals surface area contributed by atoms with Crippen LogP contribution in [0.3, 0.4) is 0 Å². The van der Waals surface area contributed by atoms with E-state index in [-0.39, 0.29) is 32.0 Å². The van der Waals surface area contributed by atoms with E-state index in [0.29, 0.717) is 17.4 Å². The molecule has 2 atom stereocenters. The number of likely N-dealkylation sites (N-methyl/N-ethyl adjacent to an activating group) is 1. The highest BCUT2D eigenvalue weighted by Gasteiger charge is 2.27. The zero-order valence-corrected chi connectivity index (χ0v) is 36.1. The van der Waals surface area contributed by atoms with Crippen LogP contribution in [0, 0.1) is 0 Å². The minimum absolute atomic E-state index is 0.0188. The Morgan fingerprint density at radius 2 is 1.06 bits per heavy atom. The van der Waals surface area contributed by atoms with E-state index in [1.807, 2.05) is 33.3 Å². The molecule has 0 fully saturated rings. The third-order valence-electron chi connectivity index (χ3n) is 8.89. The molecule has 0 aliphatic rings. The quantitative estimate of drug-likeness (QED) is 0.0217. The normalized spacial score (nSPS) is 14.1. The summed E-state index contributed by atoms with van der Waals surface area (Å²) in [7, 11) is 1.43. The van der Waals surface area contributed by atoms with Gasteiger partial charge < -0.3 is 18.9 Å². The monoisotopic (exact) mass is 783 g/mol. The highest BCUT2D eigenvalue weighted by Crippen LogP contribution is 2.43. The number of unbranched alkanes of at least 4 members (excludes halogenated alkanes) is 16. The fourth-order valence-electron chi connectivity index (χ4n) is 5.56. The highest BCUT2D eigenvalue weighted by molar-refractivity contribution is 7.47. The molecule has 10 heteroatoms. The van der Waals surface area contributed by atoms with Gasteiger partial charge in [0.1, 0.15) is 19.8 Å². The molecule has 0 aromatic heterocycles. The minimum atomic E-state index is -4.39. The summed E-state index contributed by atoms with van der Waals surface area (Å²) in [5, 5.41) is 0. The van der Waals surface area contributed by atoms with E-state index in [4.69, 9.17) is 18.5 Å². The number of esters is 2. The standard InChI is InChI=1S/C44H80NO8P/c1-6-8-10-12-14-16-18-20-21-22-23-25-26-28-30-32-34-36-43(46)50-40-42(41-52-54(48,49)51-39-38-45(3,4)5)53-44(47)37-35-33-31-29-27-24-19-17-15-13-11-9-7-2/h9,11,15,17,24,27,31,33,42H,6-8,10,12-14,16,18-23,25-26,28-30,32,34-41H2,1-5H3/p+1/b11-9-,17-15-,27-24-,33-31-. The second-order valence-electron chi connectivity index (χ2n) is 15.4. The molecule has 9 nitrogen and oxygen atoms in total. The van der Waals surface area contributed by atoms with Crippen LogP contribution in [-0.4, -0.2) is 74.9 Å². The maximum atomic E-state index is 12.6. The number of carbonyl (C=O) groups is 2. The Morgan fingerprint density at radius 3 is 1.54 bits per heavy atom. The van der Waals surface area contributed by atoms with Gasteiger partial charge in [-0.05, 0) is 38.5 Å². The average molecular weight is 783 g/mol. The lowest BCUT2D eigenvalue weighted by atomic mass is 10.0. The summed E-state index contributed by atoms with van der Waals surface area (Å²) in [5.41, 5.74) is 0. The molecular weight excluding hydrogens is 701 g/mol. The van der Waals surface area contributed by atoms with E-state index in [0.717, 1.165) is 44.9 Å². The fraction of sp³-hybridized carbons (Fsp3) is 0.773. The molecule has 0 heterocycles. The molecule has 314 valence electrons. The van der Waals surface area contributed by atoms with E-state index in [2.05, 4.69) is 50.3 Å². The van der Waals surface area contributed by atoms with Gasteiger partial charge in [0, 0.05) is 12.8 Å². The van der Waals surface area contributed by atoms with Crippen LogP contribution in [-0.2, 0) is 32.7 Å². The Morgan fingerprint density at radius 1 is 0.593 bits per heavy atom. The second-order valence-corrected chi connectivity index (χ2v) is 16.8. The Labute approximate surface area is 331 Å². The Balaban J connectivity index is 4.42. The van der Waals surface area contributed by atoms with Crippen molar-refractivity contribution in [2.24, 2.45) is 0 Å². The van der Waals surface area contributed by atoms with Crippen LogP contribution in [0.5, 0.6) is 0 Å². The number of allylic oxidation sites excluding steroid dienone is 8. The number of nitrogens with zero attached hydrogens (tertiary/aromatic N) is 1. The van der Waals surface area contributed by atoms with Crippen molar-refractivity contribution in [2.75, 3.05) is 47.5 Å². The van der Waals surface area contributed by atoms with Crippen molar-refractivity contribution in [3.63, 3.8) is 0 Å². The van der Waals surface area contributed by atoms with Crippen molar-refractivity contribution in [3.8, 4) is 0 Å². The van der Waals surface area contributed by atoms with Crippen molar-refractivity contribution >= 4 is 19.8 Å². The molecule has 0 radical (unpaired) electrons. The van der Waals surface area contributed by atoms with E-state index in [1.165, 1.54) is 89.9 Å². The summed E-state index contributed by atoms with van der Waals surface area (Å²) in [4.78, 5) is 35.3.